The molecule has 1 aliphatic carbocycles. The third-order valence-electron chi connectivity index (χ3n) is 5.08. The Morgan fingerprint density at radius 2 is 2.00 bits per heavy atom. The Morgan fingerprint density at radius 1 is 1.29 bits per heavy atom. The molecule has 0 bridgehead atoms. The molecule has 1 saturated heterocycles. The van der Waals surface area contributed by atoms with Crippen molar-refractivity contribution in [3.63, 3.8) is 0 Å². The van der Waals surface area contributed by atoms with Crippen molar-refractivity contribution >= 4 is 11.8 Å². The van der Waals surface area contributed by atoms with Crippen LogP contribution < -0.4 is 5.32 Å². The summed E-state index contributed by atoms with van der Waals surface area (Å²) in [5, 5.41) is 2.91. The van der Waals surface area contributed by atoms with Gasteiger partial charge in [-0.2, -0.15) is 0 Å². The Hall–Kier alpha value is -1.06. The molecule has 1 N–H and O–H groups in total. The number of hydrogen-bond donors (Lipinski definition) is 1. The van der Waals surface area contributed by atoms with Crippen LogP contribution in [0.4, 0.5) is 0 Å². The van der Waals surface area contributed by atoms with E-state index < -0.39 is 0 Å². The first-order valence-electron chi connectivity index (χ1n) is 8.54. The molecule has 4 unspecified atom stereocenters. The molecule has 4 heteroatoms. The lowest BCUT2D eigenvalue weighted by Crippen LogP contribution is -2.65. The maximum atomic E-state index is 12.7. The standard InChI is InChI=1S/C17H30N2O2/c1-5-14-16(20)18-15(11(2)3)17(21)19(14)10-13-8-6-7-12(4)9-13/h11-15H,5-10H2,1-4H3,(H,18,20). The molecule has 21 heavy (non-hydrogen) atoms. The summed E-state index contributed by atoms with van der Waals surface area (Å²) in [6.45, 7) is 9.04. The maximum absolute atomic E-state index is 12.7. The highest BCUT2D eigenvalue weighted by atomic mass is 16.2. The summed E-state index contributed by atoms with van der Waals surface area (Å²) in [4.78, 5) is 26.9. The highest BCUT2D eigenvalue weighted by Gasteiger charge is 2.41. The Bertz CT molecular complexity index is 394. The van der Waals surface area contributed by atoms with Gasteiger partial charge in [0.25, 0.3) is 0 Å². The summed E-state index contributed by atoms with van der Waals surface area (Å²) in [7, 11) is 0. The minimum absolute atomic E-state index is 0.0275. The molecule has 0 spiro atoms. The van der Waals surface area contributed by atoms with E-state index in [1.165, 1.54) is 25.7 Å². The highest BCUT2D eigenvalue weighted by molar-refractivity contribution is 5.97. The van der Waals surface area contributed by atoms with Crippen LogP contribution >= 0.6 is 0 Å². The Kier molecular flexibility index (Phi) is 5.28. The van der Waals surface area contributed by atoms with Gasteiger partial charge in [0.05, 0.1) is 0 Å². The van der Waals surface area contributed by atoms with Gasteiger partial charge in [-0.3, -0.25) is 9.59 Å². The van der Waals surface area contributed by atoms with Crippen LogP contribution in [0.1, 0.15) is 59.8 Å². The molecule has 4 atom stereocenters. The molecule has 1 heterocycles. The van der Waals surface area contributed by atoms with Gasteiger partial charge in [0.1, 0.15) is 12.1 Å². The zero-order valence-electron chi connectivity index (χ0n) is 13.9. The zero-order chi connectivity index (χ0) is 15.6. The Balaban J connectivity index is 2.11. The van der Waals surface area contributed by atoms with Crippen LogP contribution in [0.5, 0.6) is 0 Å². The Labute approximate surface area is 128 Å². The van der Waals surface area contributed by atoms with Crippen LogP contribution in [0.3, 0.4) is 0 Å². The van der Waals surface area contributed by atoms with E-state index in [1.54, 1.807) is 0 Å². The maximum Gasteiger partial charge on any atom is 0.246 e. The third-order valence-corrected chi connectivity index (χ3v) is 5.08. The number of carbonyl (C=O) groups is 2. The molecular weight excluding hydrogens is 264 g/mol. The fourth-order valence-electron chi connectivity index (χ4n) is 3.86. The highest BCUT2D eigenvalue weighted by Crippen LogP contribution is 2.30. The van der Waals surface area contributed by atoms with Crippen LogP contribution in [-0.2, 0) is 9.59 Å². The summed E-state index contributed by atoms with van der Waals surface area (Å²) < 4.78 is 0. The van der Waals surface area contributed by atoms with Crippen molar-refractivity contribution in [2.45, 2.75) is 71.9 Å². The van der Waals surface area contributed by atoms with Gasteiger partial charge in [0.2, 0.25) is 11.8 Å². The fourth-order valence-corrected chi connectivity index (χ4v) is 3.86. The first-order valence-corrected chi connectivity index (χ1v) is 8.54. The van der Waals surface area contributed by atoms with E-state index >= 15 is 0 Å². The molecule has 2 rings (SSSR count). The zero-order valence-corrected chi connectivity index (χ0v) is 13.9. The predicted octanol–water partition coefficient (Wildman–Crippen LogP) is 2.57. The molecule has 4 nitrogen and oxygen atoms in total. The van der Waals surface area contributed by atoms with Crippen molar-refractivity contribution in [1.82, 2.24) is 10.2 Å². The molecule has 2 fully saturated rings. The van der Waals surface area contributed by atoms with Gasteiger partial charge < -0.3 is 10.2 Å². The lowest BCUT2D eigenvalue weighted by Gasteiger charge is -2.42. The van der Waals surface area contributed by atoms with Crippen molar-refractivity contribution in [3.8, 4) is 0 Å². The van der Waals surface area contributed by atoms with Crippen LogP contribution in [-0.4, -0.2) is 35.3 Å². The second-order valence-electron chi connectivity index (χ2n) is 7.28. The van der Waals surface area contributed by atoms with Crippen LogP contribution in [0, 0.1) is 17.8 Å². The van der Waals surface area contributed by atoms with Crippen LogP contribution in [0.25, 0.3) is 0 Å². The number of nitrogens with zero attached hydrogens (tertiary/aromatic N) is 1. The summed E-state index contributed by atoms with van der Waals surface area (Å²) >= 11 is 0. The monoisotopic (exact) mass is 294 g/mol. The molecule has 120 valence electrons. The smallest absolute Gasteiger partial charge is 0.246 e. The SMILES string of the molecule is CCC1C(=O)NC(C(C)C)C(=O)N1CC1CCCC(C)C1. The topological polar surface area (TPSA) is 49.4 Å². The molecule has 2 amide bonds. The summed E-state index contributed by atoms with van der Waals surface area (Å²) in [5.41, 5.74) is 0. The molecule has 0 aromatic rings. The van der Waals surface area contributed by atoms with Crippen molar-refractivity contribution in [3.05, 3.63) is 0 Å². The average molecular weight is 294 g/mol. The molecule has 0 aromatic heterocycles. The van der Waals surface area contributed by atoms with Crippen molar-refractivity contribution < 1.29 is 9.59 Å². The van der Waals surface area contributed by atoms with E-state index in [-0.39, 0.29) is 29.8 Å². The van der Waals surface area contributed by atoms with Gasteiger partial charge in [-0.1, -0.05) is 40.5 Å². The first kappa shape index (κ1) is 16.3. The molecule has 2 aliphatic rings. The van der Waals surface area contributed by atoms with Gasteiger partial charge in [0.15, 0.2) is 0 Å². The quantitative estimate of drug-likeness (QED) is 0.866. The van der Waals surface area contributed by atoms with E-state index in [0.717, 1.165) is 12.5 Å². The normalized spacial score (nSPS) is 34.2. The van der Waals surface area contributed by atoms with Gasteiger partial charge in [0, 0.05) is 6.54 Å². The molecule has 0 radical (unpaired) electrons. The van der Waals surface area contributed by atoms with E-state index in [1.807, 2.05) is 25.7 Å². The first-order chi connectivity index (χ1) is 9.93. The Morgan fingerprint density at radius 3 is 2.57 bits per heavy atom. The molecular formula is C17H30N2O2. The van der Waals surface area contributed by atoms with E-state index in [4.69, 9.17) is 0 Å². The average Bonchev–Trinajstić information content (AvgIpc) is 2.42. The van der Waals surface area contributed by atoms with Gasteiger partial charge >= 0.3 is 0 Å². The third kappa shape index (κ3) is 3.58. The van der Waals surface area contributed by atoms with E-state index in [0.29, 0.717) is 12.3 Å². The predicted molar refractivity (Wildman–Crippen MR) is 83.7 cm³/mol. The number of piperazine rings is 1. The number of carbonyl (C=O) groups excluding carboxylic acids is 2. The van der Waals surface area contributed by atoms with Gasteiger partial charge in [-0.15, -0.1) is 0 Å². The van der Waals surface area contributed by atoms with E-state index in [2.05, 4.69) is 12.2 Å². The second-order valence-corrected chi connectivity index (χ2v) is 7.28. The summed E-state index contributed by atoms with van der Waals surface area (Å²) in [5.74, 6) is 1.60. The summed E-state index contributed by atoms with van der Waals surface area (Å²) in [6.07, 6.45) is 5.64. The molecule has 1 aliphatic heterocycles. The van der Waals surface area contributed by atoms with Crippen LogP contribution in [0.15, 0.2) is 0 Å². The van der Waals surface area contributed by atoms with Crippen molar-refractivity contribution in [2.75, 3.05) is 6.54 Å². The minimum Gasteiger partial charge on any atom is -0.342 e. The second kappa shape index (κ2) is 6.80. The minimum atomic E-state index is -0.346. The number of hydrogen-bond acceptors (Lipinski definition) is 2. The number of rotatable bonds is 4. The van der Waals surface area contributed by atoms with Crippen molar-refractivity contribution in [2.24, 2.45) is 17.8 Å². The summed E-state index contributed by atoms with van der Waals surface area (Å²) in [6, 6.07) is -0.619. The van der Waals surface area contributed by atoms with E-state index in [9.17, 15) is 9.59 Å². The van der Waals surface area contributed by atoms with Gasteiger partial charge in [-0.05, 0) is 37.0 Å². The number of nitrogens with one attached hydrogen (secondary N) is 1. The lowest BCUT2D eigenvalue weighted by atomic mass is 9.81. The largest absolute Gasteiger partial charge is 0.342 e. The fraction of sp³-hybridized carbons (Fsp3) is 0.882. The van der Waals surface area contributed by atoms with Crippen LogP contribution in [0.2, 0.25) is 0 Å². The lowest BCUT2D eigenvalue weighted by molar-refractivity contribution is -0.151. The van der Waals surface area contributed by atoms with Gasteiger partial charge in [-0.25, -0.2) is 0 Å². The molecule has 0 aromatic carbocycles. The molecule has 1 saturated carbocycles. The number of amides is 2. The van der Waals surface area contributed by atoms with Crippen molar-refractivity contribution in [1.29, 1.82) is 0 Å².